The van der Waals surface area contributed by atoms with Crippen molar-refractivity contribution in [2.75, 3.05) is 4.90 Å². The molecule has 0 aliphatic rings. The molecule has 9 aromatic rings. The molecule has 0 radical (unpaired) electrons. The van der Waals surface area contributed by atoms with Gasteiger partial charge in [-0.1, -0.05) is 72.8 Å². The molecule has 4 aromatic heterocycles. The third kappa shape index (κ3) is 4.00. The van der Waals surface area contributed by atoms with E-state index in [1.807, 2.05) is 30.5 Å². The van der Waals surface area contributed by atoms with Crippen molar-refractivity contribution in [3.8, 4) is 11.4 Å². The molecule has 6 nitrogen and oxygen atoms in total. The fraction of sp³-hybridized carbons (Fsp3) is 0. The van der Waals surface area contributed by atoms with Gasteiger partial charge in [0.2, 0.25) is 0 Å². The maximum absolute atomic E-state index is 5.37. The Morgan fingerprint density at radius 3 is 1.64 bits per heavy atom. The van der Waals surface area contributed by atoms with Crippen LogP contribution in [0.4, 0.5) is 17.1 Å². The van der Waals surface area contributed by atoms with Crippen molar-refractivity contribution in [1.29, 1.82) is 0 Å². The van der Waals surface area contributed by atoms with Gasteiger partial charge in [-0.3, -0.25) is 14.1 Å². The highest BCUT2D eigenvalue weighted by atomic mass is 15.2. The van der Waals surface area contributed by atoms with Crippen molar-refractivity contribution < 1.29 is 0 Å². The highest BCUT2D eigenvalue weighted by molar-refractivity contribution is 6.11. The zero-order valence-electron chi connectivity index (χ0n) is 24.2. The van der Waals surface area contributed by atoms with Gasteiger partial charge in [-0.15, -0.1) is 0 Å². The molecule has 0 saturated heterocycles. The fourth-order valence-corrected chi connectivity index (χ4v) is 6.38. The Labute approximate surface area is 259 Å². The lowest BCUT2D eigenvalue weighted by Crippen LogP contribution is -2.09. The van der Waals surface area contributed by atoms with Crippen LogP contribution in [-0.2, 0) is 0 Å². The van der Waals surface area contributed by atoms with E-state index in [2.05, 4.69) is 141 Å². The van der Waals surface area contributed by atoms with Crippen molar-refractivity contribution in [3.63, 3.8) is 0 Å². The van der Waals surface area contributed by atoms with Gasteiger partial charge in [0, 0.05) is 40.0 Å². The van der Waals surface area contributed by atoms with Gasteiger partial charge in [0.25, 0.3) is 0 Å². The summed E-state index contributed by atoms with van der Waals surface area (Å²) in [4.78, 5) is 17.7. The van der Waals surface area contributed by atoms with Crippen molar-refractivity contribution in [1.82, 2.24) is 24.1 Å². The van der Waals surface area contributed by atoms with Crippen molar-refractivity contribution in [3.05, 3.63) is 158 Å². The van der Waals surface area contributed by atoms with Crippen LogP contribution >= 0.6 is 0 Å². The first kappa shape index (κ1) is 25.2. The lowest BCUT2D eigenvalue weighted by molar-refractivity contribution is 1.10. The maximum Gasteiger partial charge on any atom is 0.168 e. The number of fused-ring (bicyclic) bond motifs is 6. The molecule has 212 valence electrons. The van der Waals surface area contributed by atoms with Crippen LogP contribution in [0.3, 0.4) is 0 Å². The van der Waals surface area contributed by atoms with E-state index < -0.39 is 0 Å². The predicted octanol–water partition coefficient (Wildman–Crippen LogP) is 9.54. The highest BCUT2D eigenvalue weighted by Gasteiger charge is 2.22. The fourth-order valence-electron chi connectivity index (χ4n) is 6.38. The van der Waals surface area contributed by atoms with Gasteiger partial charge in [0.15, 0.2) is 11.3 Å². The van der Waals surface area contributed by atoms with Crippen molar-refractivity contribution in [2.24, 2.45) is 0 Å². The Hall–Kier alpha value is -6.27. The summed E-state index contributed by atoms with van der Waals surface area (Å²) < 4.78 is 4.38. The Kier molecular flexibility index (Phi) is 5.71. The van der Waals surface area contributed by atoms with Gasteiger partial charge in [0.1, 0.15) is 16.6 Å². The number of rotatable bonds is 5. The molecule has 5 aromatic carbocycles. The Balaban J connectivity index is 1.28. The van der Waals surface area contributed by atoms with Gasteiger partial charge >= 0.3 is 0 Å². The minimum atomic E-state index is 0.770. The molecular weight excluding hydrogens is 552 g/mol. The normalized spacial score (nSPS) is 11.6. The molecule has 9 rings (SSSR count). The van der Waals surface area contributed by atoms with Gasteiger partial charge < -0.3 is 4.90 Å². The van der Waals surface area contributed by atoms with E-state index in [-0.39, 0.29) is 0 Å². The van der Waals surface area contributed by atoms with Crippen LogP contribution in [0.5, 0.6) is 0 Å². The maximum atomic E-state index is 5.37. The second kappa shape index (κ2) is 10.2. The number of aromatic nitrogens is 5. The molecule has 0 unspecified atom stereocenters. The van der Waals surface area contributed by atoms with E-state index >= 15 is 0 Å². The summed E-state index contributed by atoms with van der Waals surface area (Å²) in [5.41, 5.74) is 11.4. The lowest BCUT2D eigenvalue weighted by atomic mass is 10.2. The van der Waals surface area contributed by atoms with Gasteiger partial charge in [0.05, 0.1) is 11.0 Å². The summed E-state index contributed by atoms with van der Waals surface area (Å²) in [7, 11) is 0. The summed E-state index contributed by atoms with van der Waals surface area (Å²) in [6.45, 7) is 0. The molecule has 0 amide bonds. The van der Waals surface area contributed by atoms with Crippen LogP contribution in [-0.4, -0.2) is 24.1 Å². The van der Waals surface area contributed by atoms with Crippen LogP contribution in [0.1, 0.15) is 0 Å². The van der Waals surface area contributed by atoms with E-state index in [0.29, 0.717) is 0 Å². The second-order valence-electron chi connectivity index (χ2n) is 11.0. The number of pyridine rings is 1. The topological polar surface area (TPSA) is 51.8 Å². The minimum absolute atomic E-state index is 0.770. The summed E-state index contributed by atoms with van der Waals surface area (Å²) in [5, 5.41) is 1.06. The van der Waals surface area contributed by atoms with Gasteiger partial charge in [-0.2, -0.15) is 0 Å². The monoisotopic (exact) mass is 578 g/mol. The van der Waals surface area contributed by atoms with E-state index in [1.54, 1.807) is 0 Å². The molecule has 0 spiro atoms. The lowest BCUT2D eigenvalue weighted by Gasteiger charge is -2.25. The number of hydrogen-bond donors (Lipinski definition) is 0. The SMILES string of the molecule is c1ccc(N(c2ccccc2)c2ccc(-n3c4cccnc4c4nc5c6ccccc6n(-c6ccccc6)c5nc43)cc2)cc1. The summed E-state index contributed by atoms with van der Waals surface area (Å²) in [6.07, 6.45) is 1.83. The smallest absolute Gasteiger partial charge is 0.168 e. The van der Waals surface area contributed by atoms with Gasteiger partial charge in [-0.05, 0) is 78.9 Å². The average molecular weight is 579 g/mol. The van der Waals surface area contributed by atoms with Crippen LogP contribution < -0.4 is 4.90 Å². The van der Waals surface area contributed by atoms with Crippen molar-refractivity contribution in [2.45, 2.75) is 0 Å². The molecule has 0 bridgehead atoms. The van der Waals surface area contributed by atoms with Crippen LogP contribution in [0, 0.1) is 0 Å². The molecule has 0 atom stereocenters. The second-order valence-corrected chi connectivity index (χ2v) is 11.0. The van der Waals surface area contributed by atoms with Crippen molar-refractivity contribution >= 4 is 61.3 Å². The van der Waals surface area contributed by atoms with Crippen LogP contribution in [0.15, 0.2) is 158 Å². The zero-order valence-corrected chi connectivity index (χ0v) is 24.2. The van der Waals surface area contributed by atoms with E-state index in [9.17, 15) is 0 Å². The Morgan fingerprint density at radius 2 is 0.933 bits per heavy atom. The first-order chi connectivity index (χ1) is 22.3. The molecular formula is C39H26N6. The number of benzene rings is 5. The van der Waals surface area contributed by atoms with Crippen LogP contribution in [0.2, 0.25) is 0 Å². The van der Waals surface area contributed by atoms with E-state index in [4.69, 9.17) is 15.0 Å². The third-order valence-electron chi connectivity index (χ3n) is 8.34. The molecule has 45 heavy (non-hydrogen) atoms. The number of nitrogens with zero attached hydrogens (tertiary/aromatic N) is 6. The Morgan fingerprint density at radius 1 is 0.400 bits per heavy atom. The largest absolute Gasteiger partial charge is 0.311 e. The Bertz CT molecular complexity index is 2420. The predicted molar refractivity (Wildman–Crippen MR) is 183 cm³/mol. The molecule has 0 aliphatic carbocycles. The van der Waals surface area contributed by atoms with Crippen LogP contribution in [0.25, 0.3) is 55.6 Å². The highest BCUT2D eigenvalue weighted by Crippen LogP contribution is 2.37. The summed E-state index contributed by atoms with van der Waals surface area (Å²) in [5.74, 6) is 0. The quantitative estimate of drug-likeness (QED) is 0.204. The molecule has 6 heteroatoms. The number of para-hydroxylation sites is 4. The summed E-state index contributed by atoms with van der Waals surface area (Å²) in [6, 6.07) is 52.3. The minimum Gasteiger partial charge on any atom is -0.311 e. The zero-order chi connectivity index (χ0) is 29.7. The van der Waals surface area contributed by atoms with Gasteiger partial charge in [-0.25, -0.2) is 9.97 Å². The molecule has 0 N–H and O–H groups in total. The average Bonchev–Trinajstić information content (AvgIpc) is 3.61. The number of anilines is 3. The molecule has 0 saturated carbocycles. The first-order valence-corrected chi connectivity index (χ1v) is 15.0. The number of hydrogen-bond acceptors (Lipinski definition) is 4. The first-order valence-electron chi connectivity index (χ1n) is 15.0. The molecule has 0 aliphatic heterocycles. The van der Waals surface area contributed by atoms with E-state index in [1.165, 1.54) is 0 Å². The molecule has 4 heterocycles. The van der Waals surface area contributed by atoms with E-state index in [0.717, 1.165) is 72.7 Å². The molecule has 0 fully saturated rings. The third-order valence-corrected chi connectivity index (χ3v) is 8.34. The standard InChI is InChI=1S/C39H26N6/c1-4-13-27(14-5-1)43(28-15-6-2-7-16-28)30-22-24-31(25-23-30)45-34-21-12-26-40-36(34)37-39(45)42-38-35(41-37)32-19-10-11-20-33(32)44(38)29-17-8-3-9-18-29/h1-26H. The summed E-state index contributed by atoms with van der Waals surface area (Å²) >= 11 is 0.